The molecule has 0 atom stereocenters. The van der Waals surface area contributed by atoms with Gasteiger partial charge in [-0.3, -0.25) is 4.79 Å². The van der Waals surface area contributed by atoms with Crippen molar-refractivity contribution in [1.82, 2.24) is 5.32 Å². The Balaban J connectivity index is 1.66. The minimum atomic E-state index is 0.121. The molecule has 1 aliphatic rings. The maximum Gasteiger partial charge on any atom is 0.220 e. The molecule has 3 nitrogen and oxygen atoms in total. The van der Waals surface area contributed by atoms with E-state index in [9.17, 15) is 4.79 Å². The van der Waals surface area contributed by atoms with E-state index in [1.165, 1.54) is 16.0 Å². The van der Waals surface area contributed by atoms with Crippen molar-refractivity contribution in [3.8, 4) is 0 Å². The molecule has 4 heteroatoms. The average Bonchev–Trinajstić information content (AvgIpc) is 3.21. The van der Waals surface area contributed by atoms with Gasteiger partial charge in [-0.1, -0.05) is 6.07 Å². The van der Waals surface area contributed by atoms with Gasteiger partial charge < -0.3 is 10.4 Å². The molecule has 2 N–H and O–H groups in total. The van der Waals surface area contributed by atoms with Crippen molar-refractivity contribution >= 4 is 17.7 Å². The quantitative estimate of drug-likeness (QED) is 0.726. The summed E-state index contributed by atoms with van der Waals surface area (Å²) in [5, 5.41) is 12.0. The van der Waals surface area contributed by atoms with Gasteiger partial charge in [0, 0.05) is 30.2 Å². The first-order valence-electron chi connectivity index (χ1n) is 7.62. The average molecular weight is 307 g/mol. The largest absolute Gasteiger partial charge is 0.396 e. The smallest absolute Gasteiger partial charge is 0.220 e. The van der Waals surface area contributed by atoms with Gasteiger partial charge >= 0.3 is 0 Å². The van der Waals surface area contributed by atoms with Crippen LogP contribution < -0.4 is 5.32 Å². The predicted octanol–water partition coefficient (Wildman–Crippen LogP) is 3.06. The fourth-order valence-corrected chi connectivity index (χ4v) is 3.32. The third kappa shape index (κ3) is 5.04. The maximum absolute atomic E-state index is 11.8. The van der Waals surface area contributed by atoms with Crippen molar-refractivity contribution < 1.29 is 9.90 Å². The summed E-state index contributed by atoms with van der Waals surface area (Å²) in [4.78, 5) is 13.1. The molecule has 1 saturated carbocycles. The Morgan fingerprint density at radius 3 is 2.71 bits per heavy atom. The second-order valence-electron chi connectivity index (χ2n) is 6.09. The van der Waals surface area contributed by atoms with E-state index in [1.807, 2.05) is 0 Å². The Morgan fingerprint density at radius 2 is 2.10 bits per heavy atom. The van der Waals surface area contributed by atoms with Gasteiger partial charge in [0.2, 0.25) is 5.91 Å². The van der Waals surface area contributed by atoms with Crippen molar-refractivity contribution in [2.75, 3.05) is 18.9 Å². The van der Waals surface area contributed by atoms with E-state index in [-0.39, 0.29) is 17.9 Å². The monoisotopic (exact) mass is 307 g/mol. The number of hydrogen-bond acceptors (Lipinski definition) is 3. The summed E-state index contributed by atoms with van der Waals surface area (Å²) in [5.74, 6) is 0.928. The molecule has 0 spiro atoms. The van der Waals surface area contributed by atoms with Crippen LogP contribution in [0.2, 0.25) is 0 Å². The molecule has 0 bridgehead atoms. The zero-order valence-electron chi connectivity index (χ0n) is 12.9. The van der Waals surface area contributed by atoms with Crippen LogP contribution in [0.15, 0.2) is 23.1 Å². The van der Waals surface area contributed by atoms with E-state index in [0.29, 0.717) is 6.42 Å². The number of benzene rings is 1. The highest BCUT2D eigenvalue weighted by molar-refractivity contribution is 7.99. The molecule has 0 heterocycles. The molecule has 1 aliphatic carbocycles. The minimum Gasteiger partial charge on any atom is -0.396 e. The third-order valence-electron chi connectivity index (χ3n) is 4.34. The molecule has 1 amide bonds. The lowest BCUT2D eigenvalue weighted by atomic mass is 10.0. The standard InChI is InChI=1S/C17H25NO2S/c1-13-3-4-15(11-14(13)2)21-10-5-16(20)18-12-17(6-7-17)8-9-19/h3-4,11,19H,5-10,12H2,1-2H3,(H,18,20). The van der Waals surface area contributed by atoms with Gasteiger partial charge in [0.25, 0.3) is 0 Å². The van der Waals surface area contributed by atoms with E-state index in [1.54, 1.807) is 11.8 Å². The SMILES string of the molecule is Cc1ccc(SCCC(=O)NCC2(CCO)CC2)cc1C. The second-order valence-corrected chi connectivity index (χ2v) is 7.26. The predicted molar refractivity (Wildman–Crippen MR) is 87.6 cm³/mol. The Labute approximate surface area is 131 Å². The van der Waals surface area contributed by atoms with E-state index in [2.05, 4.69) is 37.4 Å². The number of aliphatic hydroxyl groups is 1. The van der Waals surface area contributed by atoms with Gasteiger partial charge in [-0.25, -0.2) is 0 Å². The Kier molecular flexibility index (Phi) is 5.71. The third-order valence-corrected chi connectivity index (χ3v) is 5.33. The number of rotatable bonds is 8. The van der Waals surface area contributed by atoms with E-state index in [4.69, 9.17) is 5.11 Å². The van der Waals surface area contributed by atoms with Crippen LogP contribution in [-0.2, 0) is 4.79 Å². The summed E-state index contributed by atoms with van der Waals surface area (Å²) in [7, 11) is 0. The van der Waals surface area contributed by atoms with Crippen molar-refractivity contribution in [3.05, 3.63) is 29.3 Å². The van der Waals surface area contributed by atoms with Crippen LogP contribution in [-0.4, -0.2) is 29.9 Å². The Bertz CT molecular complexity index is 498. The molecule has 1 fully saturated rings. The van der Waals surface area contributed by atoms with Crippen molar-refractivity contribution in [2.24, 2.45) is 5.41 Å². The van der Waals surface area contributed by atoms with Crippen LogP contribution >= 0.6 is 11.8 Å². The molecule has 0 aliphatic heterocycles. The number of aryl methyl sites for hydroxylation is 2. The molecule has 0 radical (unpaired) electrons. The van der Waals surface area contributed by atoms with Crippen molar-refractivity contribution in [3.63, 3.8) is 0 Å². The lowest BCUT2D eigenvalue weighted by Crippen LogP contribution is -2.30. The number of amides is 1. The normalized spacial score (nSPS) is 15.8. The first kappa shape index (κ1) is 16.4. The molecule has 21 heavy (non-hydrogen) atoms. The Morgan fingerprint density at radius 1 is 1.33 bits per heavy atom. The minimum absolute atomic E-state index is 0.121. The lowest BCUT2D eigenvalue weighted by molar-refractivity contribution is -0.120. The molecule has 0 unspecified atom stereocenters. The summed E-state index contributed by atoms with van der Waals surface area (Å²) in [6, 6.07) is 6.42. The zero-order valence-corrected chi connectivity index (χ0v) is 13.8. The maximum atomic E-state index is 11.8. The highest BCUT2D eigenvalue weighted by Gasteiger charge is 2.41. The van der Waals surface area contributed by atoms with Crippen LogP contribution in [0.3, 0.4) is 0 Å². The highest BCUT2D eigenvalue weighted by atomic mass is 32.2. The van der Waals surface area contributed by atoms with E-state index in [0.717, 1.165) is 31.6 Å². The summed E-state index contributed by atoms with van der Waals surface area (Å²) < 4.78 is 0. The summed E-state index contributed by atoms with van der Waals surface area (Å²) >= 11 is 1.73. The molecule has 1 aromatic rings. The van der Waals surface area contributed by atoms with Crippen LogP contribution in [0.4, 0.5) is 0 Å². The number of nitrogens with one attached hydrogen (secondary N) is 1. The van der Waals surface area contributed by atoms with Crippen LogP contribution in [0.5, 0.6) is 0 Å². The topological polar surface area (TPSA) is 49.3 Å². The van der Waals surface area contributed by atoms with Gasteiger partial charge in [-0.15, -0.1) is 11.8 Å². The molecule has 0 saturated heterocycles. The molecule has 116 valence electrons. The number of hydrogen-bond donors (Lipinski definition) is 2. The summed E-state index contributed by atoms with van der Waals surface area (Å²) in [6.45, 7) is 5.17. The fraction of sp³-hybridized carbons (Fsp3) is 0.588. The first-order chi connectivity index (χ1) is 10.0. The number of aliphatic hydroxyl groups excluding tert-OH is 1. The zero-order chi connectivity index (χ0) is 15.3. The lowest BCUT2D eigenvalue weighted by Gasteiger charge is -2.14. The van der Waals surface area contributed by atoms with Gasteiger partial charge in [0.15, 0.2) is 0 Å². The molecule has 0 aromatic heterocycles. The van der Waals surface area contributed by atoms with Gasteiger partial charge in [0.1, 0.15) is 0 Å². The molecular formula is C17H25NO2S. The van der Waals surface area contributed by atoms with Gasteiger partial charge in [-0.2, -0.15) is 0 Å². The summed E-state index contributed by atoms with van der Waals surface area (Å²) in [5.41, 5.74) is 2.80. The van der Waals surface area contributed by atoms with Crippen molar-refractivity contribution in [1.29, 1.82) is 0 Å². The number of carbonyl (C=O) groups is 1. The second kappa shape index (κ2) is 7.32. The fourth-order valence-electron chi connectivity index (χ4n) is 2.37. The Hall–Kier alpha value is -1.00. The van der Waals surface area contributed by atoms with Crippen molar-refractivity contribution in [2.45, 2.75) is 44.4 Å². The van der Waals surface area contributed by atoms with Crippen LogP contribution in [0.25, 0.3) is 0 Å². The molecule has 1 aromatic carbocycles. The molecular weight excluding hydrogens is 282 g/mol. The van der Waals surface area contributed by atoms with Crippen LogP contribution in [0.1, 0.15) is 36.8 Å². The van der Waals surface area contributed by atoms with Crippen LogP contribution in [0, 0.1) is 19.3 Å². The number of thioether (sulfide) groups is 1. The first-order valence-corrected chi connectivity index (χ1v) is 8.61. The van der Waals surface area contributed by atoms with Gasteiger partial charge in [0.05, 0.1) is 0 Å². The highest BCUT2D eigenvalue weighted by Crippen LogP contribution is 2.47. The molecule has 2 rings (SSSR count). The summed E-state index contributed by atoms with van der Waals surface area (Å²) in [6.07, 6.45) is 3.62. The number of carbonyl (C=O) groups excluding carboxylic acids is 1. The van der Waals surface area contributed by atoms with E-state index < -0.39 is 0 Å². The van der Waals surface area contributed by atoms with E-state index >= 15 is 0 Å². The van der Waals surface area contributed by atoms with Gasteiger partial charge in [-0.05, 0) is 61.8 Å².